The van der Waals surface area contributed by atoms with Crippen molar-refractivity contribution >= 4 is 24.2 Å². The molecule has 212 valence electrons. The van der Waals surface area contributed by atoms with Crippen LogP contribution in [0.4, 0.5) is 9.59 Å². The summed E-state index contributed by atoms with van der Waals surface area (Å²) in [5.74, 6) is -1.19. The maximum Gasteiger partial charge on any atom is 0.513 e. The van der Waals surface area contributed by atoms with E-state index in [0.29, 0.717) is 18.4 Å². The largest absolute Gasteiger partial charge is 0.513 e. The van der Waals surface area contributed by atoms with Crippen molar-refractivity contribution in [3.8, 4) is 11.5 Å². The molecule has 0 amide bonds. The van der Waals surface area contributed by atoms with Crippen LogP contribution in [0, 0.1) is 5.92 Å². The fraction of sp³-hybridized carbons (Fsp3) is 0.630. The number of carbonyl (C=O) groups excluding carboxylic acids is 4. The quantitative estimate of drug-likeness (QED) is 0.216. The van der Waals surface area contributed by atoms with Gasteiger partial charge in [-0.25, -0.2) is 9.59 Å². The Morgan fingerprint density at radius 3 is 2.11 bits per heavy atom. The molecular weight excluding hydrogens is 498 g/mol. The second-order valence-corrected chi connectivity index (χ2v) is 9.21. The van der Waals surface area contributed by atoms with E-state index in [1.165, 1.54) is 12.1 Å². The fourth-order valence-electron chi connectivity index (χ4n) is 3.77. The number of benzene rings is 1. The van der Waals surface area contributed by atoms with Crippen LogP contribution in [0.25, 0.3) is 0 Å². The zero-order valence-corrected chi connectivity index (χ0v) is 22.4. The zero-order valence-electron chi connectivity index (χ0n) is 22.4. The molecule has 0 spiro atoms. The van der Waals surface area contributed by atoms with E-state index in [1.807, 2.05) is 13.8 Å². The summed E-state index contributed by atoms with van der Waals surface area (Å²) in [5, 5.41) is 0. The molecule has 2 rings (SSSR count). The SMILES string of the molecule is CCCOC(=O)Oc1ccc(C[C@H](N)C(=O)O[C@@H](C)COC(=O)C2CCCCC2)cc1OC(=O)OCCC. The molecule has 0 aromatic heterocycles. The summed E-state index contributed by atoms with van der Waals surface area (Å²) in [6, 6.07) is 3.33. The van der Waals surface area contributed by atoms with Gasteiger partial charge in [-0.05, 0) is 56.7 Å². The molecule has 0 radical (unpaired) electrons. The van der Waals surface area contributed by atoms with E-state index in [1.54, 1.807) is 13.0 Å². The first-order valence-corrected chi connectivity index (χ1v) is 13.2. The van der Waals surface area contributed by atoms with Crippen LogP contribution in [0.1, 0.15) is 71.3 Å². The number of carbonyl (C=O) groups is 4. The molecule has 11 heteroatoms. The average molecular weight is 538 g/mol. The van der Waals surface area contributed by atoms with E-state index in [2.05, 4.69) is 0 Å². The molecule has 0 heterocycles. The molecule has 0 saturated heterocycles. The van der Waals surface area contributed by atoms with Crippen LogP contribution in [0.3, 0.4) is 0 Å². The van der Waals surface area contributed by atoms with Crippen LogP contribution in [0.15, 0.2) is 18.2 Å². The molecule has 1 aliphatic rings. The van der Waals surface area contributed by atoms with Crippen molar-refractivity contribution in [2.24, 2.45) is 11.7 Å². The lowest BCUT2D eigenvalue weighted by molar-refractivity contribution is -0.161. The van der Waals surface area contributed by atoms with Crippen LogP contribution in [0.2, 0.25) is 0 Å². The van der Waals surface area contributed by atoms with Crippen LogP contribution < -0.4 is 15.2 Å². The van der Waals surface area contributed by atoms with Gasteiger partial charge in [-0.1, -0.05) is 39.2 Å². The molecule has 0 bridgehead atoms. The Hall–Kier alpha value is -3.34. The minimum absolute atomic E-state index is 0.0361. The molecule has 1 aromatic carbocycles. The summed E-state index contributed by atoms with van der Waals surface area (Å²) < 4.78 is 30.9. The predicted octanol–water partition coefficient (Wildman–Crippen LogP) is 4.46. The third kappa shape index (κ3) is 11.0. The van der Waals surface area contributed by atoms with E-state index >= 15 is 0 Å². The third-order valence-corrected chi connectivity index (χ3v) is 5.72. The third-order valence-electron chi connectivity index (χ3n) is 5.72. The Morgan fingerprint density at radius 1 is 0.895 bits per heavy atom. The molecule has 1 aliphatic carbocycles. The smallest absolute Gasteiger partial charge is 0.462 e. The summed E-state index contributed by atoms with van der Waals surface area (Å²) in [6.45, 7) is 5.55. The lowest BCUT2D eigenvalue weighted by atomic mass is 9.89. The number of nitrogens with two attached hydrogens (primary N) is 1. The van der Waals surface area contributed by atoms with E-state index in [9.17, 15) is 19.2 Å². The number of ether oxygens (including phenoxy) is 6. The Bertz CT molecular complexity index is 928. The van der Waals surface area contributed by atoms with Crippen molar-refractivity contribution in [2.75, 3.05) is 19.8 Å². The van der Waals surface area contributed by atoms with Gasteiger partial charge in [0.2, 0.25) is 0 Å². The molecule has 38 heavy (non-hydrogen) atoms. The first-order valence-electron chi connectivity index (χ1n) is 13.2. The van der Waals surface area contributed by atoms with Crippen molar-refractivity contribution in [3.63, 3.8) is 0 Å². The summed E-state index contributed by atoms with van der Waals surface area (Å²) in [4.78, 5) is 48.6. The molecule has 0 aliphatic heterocycles. The second-order valence-electron chi connectivity index (χ2n) is 9.21. The van der Waals surface area contributed by atoms with Crippen LogP contribution in [0.5, 0.6) is 11.5 Å². The Morgan fingerprint density at radius 2 is 1.50 bits per heavy atom. The van der Waals surface area contributed by atoms with Crippen molar-refractivity contribution in [2.45, 2.75) is 84.3 Å². The minimum atomic E-state index is -1.05. The molecule has 1 aromatic rings. The van der Waals surface area contributed by atoms with E-state index in [0.717, 1.165) is 32.1 Å². The standard InChI is InChI=1S/C27H39NO10/c1-4-13-33-26(31)37-22-12-11-19(16-23(22)38-27(32)34-14-5-2)15-21(28)25(30)36-18(3)17-35-24(29)20-9-7-6-8-10-20/h11-12,16,18,20-21H,4-10,13-15,17,28H2,1-3H3/t18-,21-/m0/s1. The van der Waals surface area contributed by atoms with Gasteiger partial charge in [0.05, 0.1) is 19.1 Å². The second kappa shape index (κ2) is 16.5. The van der Waals surface area contributed by atoms with E-state index in [-0.39, 0.29) is 49.6 Å². The lowest BCUT2D eigenvalue weighted by Gasteiger charge is -2.21. The summed E-state index contributed by atoms with van der Waals surface area (Å²) in [6.07, 6.45) is 3.45. The predicted molar refractivity (Wildman–Crippen MR) is 136 cm³/mol. The monoisotopic (exact) mass is 537 g/mol. The highest BCUT2D eigenvalue weighted by molar-refractivity contribution is 5.76. The van der Waals surface area contributed by atoms with Crippen molar-refractivity contribution < 1.29 is 47.6 Å². The van der Waals surface area contributed by atoms with Crippen molar-refractivity contribution in [3.05, 3.63) is 23.8 Å². The normalized spacial score (nSPS) is 15.1. The highest BCUT2D eigenvalue weighted by atomic mass is 16.7. The van der Waals surface area contributed by atoms with Gasteiger partial charge in [-0.15, -0.1) is 0 Å². The number of rotatable bonds is 13. The van der Waals surface area contributed by atoms with Gasteiger partial charge >= 0.3 is 24.2 Å². The van der Waals surface area contributed by atoms with Gasteiger partial charge < -0.3 is 34.2 Å². The van der Waals surface area contributed by atoms with Gasteiger partial charge in [0.25, 0.3) is 0 Å². The van der Waals surface area contributed by atoms with Gasteiger partial charge in [0.15, 0.2) is 11.5 Å². The molecule has 2 atom stereocenters. The van der Waals surface area contributed by atoms with Crippen LogP contribution in [-0.4, -0.2) is 56.2 Å². The number of hydrogen-bond acceptors (Lipinski definition) is 11. The first-order chi connectivity index (χ1) is 18.2. The molecule has 1 saturated carbocycles. The number of hydrogen-bond donors (Lipinski definition) is 1. The highest BCUT2D eigenvalue weighted by Crippen LogP contribution is 2.30. The Labute approximate surface area is 223 Å². The number of esters is 2. The van der Waals surface area contributed by atoms with Gasteiger partial charge in [0, 0.05) is 0 Å². The lowest BCUT2D eigenvalue weighted by Crippen LogP contribution is -2.37. The highest BCUT2D eigenvalue weighted by Gasteiger charge is 2.25. The van der Waals surface area contributed by atoms with Crippen molar-refractivity contribution in [1.82, 2.24) is 0 Å². The molecule has 0 unspecified atom stereocenters. The van der Waals surface area contributed by atoms with Crippen LogP contribution >= 0.6 is 0 Å². The molecule has 2 N–H and O–H groups in total. The molecule has 1 fully saturated rings. The summed E-state index contributed by atoms with van der Waals surface area (Å²) in [7, 11) is 0. The average Bonchev–Trinajstić information content (AvgIpc) is 2.91. The summed E-state index contributed by atoms with van der Waals surface area (Å²) >= 11 is 0. The fourth-order valence-corrected chi connectivity index (χ4v) is 3.77. The van der Waals surface area contributed by atoms with Crippen molar-refractivity contribution in [1.29, 1.82) is 0 Å². The van der Waals surface area contributed by atoms with Gasteiger partial charge in [-0.3, -0.25) is 9.59 Å². The topological polar surface area (TPSA) is 150 Å². The Balaban J connectivity index is 1.96. The first kappa shape index (κ1) is 30.9. The zero-order chi connectivity index (χ0) is 27.9. The Kier molecular flexibility index (Phi) is 13.4. The van der Waals surface area contributed by atoms with Gasteiger partial charge in [0.1, 0.15) is 18.8 Å². The maximum atomic E-state index is 12.5. The minimum Gasteiger partial charge on any atom is -0.462 e. The summed E-state index contributed by atoms with van der Waals surface area (Å²) in [5.41, 5.74) is 6.55. The van der Waals surface area contributed by atoms with Gasteiger partial charge in [-0.2, -0.15) is 0 Å². The van der Waals surface area contributed by atoms with E-state index < -0.39 is 30.4 Å². The molecular formula is C27H39NO10. The van der Waals surface area contributed by atoms with E-state index in [4.69, 9.17) is 34.2 Å². The van der Waals surface area contributed by atoms with Crippen LogP contribution in [-0.2, 0) is 35.0 Å². The molecule has 11 nitrogen and oxygen atoms in total. The maximum absolute atomic E-state index is 12.5.